The van der Waals surface area contributed by atoms with Crippen LogP contribution in [0.1, 0.15) is 77.6 Å². The lowest BCUT2D eigenvalue weighted by atomic mass is 10.1. The Morgan fingerprint density at radius 3 is 2.24 bits per heavy atom. The van der Waals surface area contributed by atoms with Crippen molar-refractivity contribution in [1.29, 1.82) is 0 Å². The lowest BCUT2D eigenvalue weighted by Gasteiger charge is -2.26. The second-order valence-corrected chi connectivity index (χ2v) is 8.01. The zero-order valence-corrected chi connectivity index (χ0v) is 18.3. The molecule has 1 aliphatic heterocycles. The molecule has 1 aliphatic rings. The van der Waals surface area contributed by atoms with E-state index in [1.165, 1.54) is 70.9 Å². The average Bonchev–Trinajstić information content (AvgIpc) is 2.74. The molecule has 0 radical (unpaired) electrons. The molecule has 1 saturated heterocycles. The maximum Gasteiger partial charge on any atom is 0.411 e. The van der Waals surface area contributed by atoms with E-state index < -0.39 is 0 Å². The van der Waals surface area contributed by atoms with Crippen molar-refractivity contribution in [2.75, 3.05) is 38.2 Å². The molecule has 5 heteroatoms. The van der Waals surface area contributed by atoms with E-state index in [2.05, 4.69) is 17.1 Å². The number of nitrogens with one attached hydrogen (secondary N) is 1. The highest BCUT2D eigenvalue weighted by Crippen LogP contribution is 2.16. The van der Waals surface area contributed by atoms with Crippen molar-refractivity contribution in [3.05, 3.63) is 24.3 Å². The summed E-state index contributed by atoms with van der Waals surface area (Å²) in [5, 5.41) is 2.78. The van der Waals surface area contributed by atoms with Gasteiger partial charge in [-0.05, 0) is 56.6 Å². The number of piperidine rings is 1. The summed E-state index contributed by atoms with van der Waals surface area (Å²) in [7, 11) is 0. The van der Waals surface area contributed by atoms with E-state index in [1.807, 2.05) is 24.3 Å². The van der Waals surface area contributed by atoms with Gasteiger partial charge in [-0.2, -0.15) is 0 Å². The van der Waals surface area contributed by atoms with Gasteiger partial charge in [0.05, 0.1) is 6.61 Å². The van der Waals surface area contributed by atoms with Gasteiger partial charge < -0.3 is 9.47 Å². The monoisotopic (exact) mass is 404 g/mol. The van der Waals surface area contributed by atoms with Crippen LogP contribution in [-0.2, 0) is 4.74 Å². The second kappa shape index (κ2) is 15.1. The zero-order chi connectivity index (χ0) is 20.6. The van der Waals surface area contributed by atoms with Gasteiger partial charge in [-0.15, -0.1) is 0 Å². The first kappa shape index (κ1) is 23.5. The largest absolute Gasteiger partial charge is 0.492 e. The van der Waals surface area contributed by atoms with Crippen LogP contribution in [-0.4, -0.2) is 43.8 Å². The summed E-state index contributed by atoms with van der Waals surface area (Å²) in [6.07, 6.45) is 13.5. The van der Waals surface area contributed by atoms with Crippen LogP contribution in [0.5, 0.6) is 5.75 Å². The topological polar surface area (TPSA) is 50.8 Å². The van der Waals surface area contributed by atoms with Gasteiger partial charge in [0.25, 0.3) is 0 Å². The quantitative estimate of drug-likeness (QED) is 0.373. The van der Waals surface area contributed by atoms with Gasteiger partial charge in [0.1, 0.15) is 12.4 Å². The summed E-state index contributed by atoms with van der Waals surface area (Å²) < 4.78 is 11.1. The number of hydrogen-bond donors (Lipinski definition) is 1. The van der Waals surface area contributed by atoms with Gasteiger partial charge in [-0.25, -0.2) is 4.79 Å². The van der Waals surface area contributed by atoms with Crippen molar-refractivity contribution >= 4 is 11.8 Å². The van der Waals surface area contributed by atoms with E-state index in [9.17, 15) is 4.79 Å². The summed E-state index contributed by atoms with van der Waals surface area (Å²) in [5.41, 5.74) is 0.731. The Morgan fingerprint density at radius 2 is 1.55 bits per heavy atom. The molecule has 1 fully saturated rings. The predicted molar refractivity (Wildman–Crippen MR) is 120 cm³/mol. The van der Waals surface area contributed by atoms with Gasteiger partial charge in [0.15, 0.2) is 0 Å². The molecule has 0 saturated carbocycles. The number of rotatable bonds is 14. The molecule has 1 aromatic rings. The smallest absolute Gasteiger partial charge is 0.411 e. The minimum absolute atomic E-state index is 0.383. The van der Waals surface area contributed by atoms with Crippen LogP contribution >= 0.6 is 0 Å². The number of carbonyl (C=O) groups is 1. The molecule has 164 valence electrons. The molecule has 1 amide bonds. The van der Waals surface area contributed by atoms with Crippen molar-refractivity contribution in [1.82, 2.24) is 4.90 Å². The molecule has 0 aromatic heterocycles. The maximum absolute atomic E-state index is 11.9. The predicted octanol–water partition coefficient (Wildman–Crippen LogP) is 6.24. The highest BCUT2D eigenvalue weighted by molar-refractivity contribution is 5.84. The second-order valence-electron chi connectivity index (χ2n) is 8.01. The van der Waals surface area contributed by atoms with Crippen molar-refractivity contribution in [3.8, 4) is 5.75 Å². The van der Waals surface area contributed by atoms with Crippen LogP contribution in [0.4, 0.5) is 10.5 Å². The molecule has 0 spiro atoms. The normalized spacial score (nSPS) is 14.5. The Bertz CT molecular complexity index is 542. The fourth-order valence-electron chi connectivity index (χ4n) is 3.66. The highest BCUT2D eigenvalue weighted by atomic mass is 16.5. The van der Waals surface area contributed by atoms with E-state index in [4.69, 9.17) is 9.47 Å². The van der Waals surface area contributed by atoms with Crippen molar-refractivity contribution < 1.29 is 14.3 Å². The Labute approximate surface area is 177 Å². The number of unbranched alkanes of at least 4 members (excludes halogenated alkanes) is 7. The van der Waals surface area contributed by atoms with Crippen molar-refractivity contribution in [3.63, 3.8) is 0 Å². The SMILES string of the molecule is CCCCCCCCCCOC(=O)Nc1ccc(OCCN2CCCCC2)cc1. The first-order valence-corrected chi connectivity index (χ1v) is 11.7. The summed E-state index contributed by atoms with van der Waals surface area (Å²) in [6.45, 7) is 6.78. The molecule has 5 nitrogen and oxygen atoms in total. The molecule has 0 aliphatic carbocycles. The highest BCUT2D eigenvalue weighted by Gasteiger charge is 2.09. The summed E-state index contributed by atoms with van der Waals surface area (Å²) in [6, 6.07) is 7.50. The molecule has 1 aromatic carbocycles. The van der Waals surface area contributed by atoms with Crippen LogP contribution in [0, 0.1) is 0 Å². The van der Waals surface area contributed by atoms with Gasteiger partial charge in [-0.1, -0.05) is 58.3 Å². The first-order valence-electron chi connectivity index (χ1n) is 11.7. The Balaban J connectivity index is 1.50. The number of likely N-dealkylation sites (tertiary alicyclic amines) is 1. The van der Waals surface area contributed by atoms with Crippen LogP contribution in [0.3, 0.4) is 0 Å². The van der Waals surface area contributed by atoms with E-state index >= 15 is 0 Å². The van der Waals surface area contributed by atoms with Crippen LogP contribution < -0.4 is 10.1 Å². The summed E-state index contributed by atoms with van der Waals surface area (Å²) >= 11 is 0. The summed E-state index contributed by atoms with van der Waals surface area (Å²) in [5.74, 6) is 0.833. The standard InChI is InChI=1S/C24H40N2O3/c1-2-3-4-5-6-7-8-12-20-29-24(27)25-22-13-15-23(16-14-22)28-21-19-26-17-10-9-11-18-26/h13-16H,2-12,17-21H2,1H3,(H,25,27). The molecule has 0 atom stereocenters. The van der Waals surface area contributed by atoms with E-state index in [0.29, 0.717) is 13.2 Å². The third-order valence-corrected chi connectivity index (χ3v) is 5.46. The number of ether oxygens (including phenoxy) is 2. The Kier molecular flexibility index (Phi) is 12.3. The average molecular weight is 405 g/mol. The molecule has 0 bridgehead atoms. The van der Waals surface area contributed by atoms with Crippen molar-refractivity contribution in [2.45, 2.75) is 77.6 Å². The Morgan fingerprint density at radius 1 is 0.897 bits per heavy atom. The third kappa shape index (κ3) is 11.1. The number of amides is 1. The number of carbonyl (C=O) groups excluding carboxylic acids is 1. The lowest BCUT2D eigenvalue weighted by Crippen LogP contribution is -2.33. The third-order valence-electron chi connectivity index (χ3n) is 5.46. The van der Waals surface area contributed by atoms with E-state index in [0.717, 1.165) is 30.8 Å². The van der Waals surface area contributed by atoms with Crippen molar-refractivity contribution in [2.24, 2.45) is 0 Å². The first-order chi connectivity index (χ1) is 14.3. The number of hydrogen-bond acceptors (Lipinski definition) is 4. The lowest BCUT2D eigenvalue weighted by molar-refractivity contribution is 0.159. The van der Waals surface area contributed by atoms with E-state index in [-0.39, 0.29) is 6.09 Å². The van der Waals surface area contributed by atoms with Gasteiger partial charge in [-0.3, -0.25) is 10.2 Å². The molecule has 29 heavy (non-hydrogen) atoms. The molecule has 1 heterocycles. The van der Waals surface area contributed by atoms with Gasteiger partial charge in [0.2, 0.25) is 0 Å². The van der Waals surface area contributed by atoms with Crippen LogP contribution in [0.15, 0.2) is 24.3 Å². The molecule has 1 N–H and O–H groups in total. The van der Waals surface area contributed by atoms with Gasteiger partial charge in [0, 0.05) is 12.2 Å². The molecular weight excluding hydrogens is 364 g/mol. The fraction of sp³-hybridized carbons (Fsp3) is 0.708. The molecule has 0 unspecified atom stereocenters. The Hall–Kier alpha value is -1.75. The fourth-order valence-corrected chi connectivity index (χ4v) is 3.66. The minimum Gasteiger partial charge on any atom is -0.492 e. The molecular formula is C24H40N2O3. The number of benzene rings is 1. The number of nitrogens with zero attached hydrogens (tertiary/aromatic N) is 1. The minimum atomic E-state index is -0.383. The summed E-state index contributed by atoms with van der Waals surface area (Å²) in [4.78, 5) is 14.3. The van der Waals surface area contributed by atoms with Gasteiger partial charge >= 0.3 is 6.09 Å². The molecule has 2 rings (SSSR count). The van der Waals surface area contributed by atoms with Crippen LogP contribution in [0.25, 0.3) is 0 Å². The zero-order valence-electron chi connectivity index (χ0n) is 18.3. The maximum atomic E-state index is 11.9. The van der Waals surface area contributed by atoms with E-state index in [1.54, 1.807) is 0 Å². The number of anilines is 1. The van der Waals surface area contributed by atoms with Crippen LogP contribution in [0.2, 0.25) is 0 Å².